The van der Waals surface area contributed by atoms with Crippen molar-refractivity contribution in [1.29, 1.82) is 0 Å². The molecule has 0 radical (unpaired) electrons. The molecule has 0 spiro atoms. The van der Waals surface area contributed by atoms with Gasteiger partial charge >= 0.3 is 0 Å². The van der Waals surface area contributed by atoms with E-state index in [-0.39, 0.29) is 10.8 Å². The van der Waals surface area contributed by atoms with Crippen LogP contribution in [0.3, 0.4) is 0 Å². The number of fused-ring (bicyclic) bond motifs is 6. The van der Waals surface area contributed by atoms with Gasteiger partial charge < -0.3 is 0 Å². The van der Waals surface area contributed by atoms with Crippen LogP contribution in [0.5, 0.6) is 0 Å². The maximum atomic E-state index is 4.93. The van der Waals surface area contributed by atoms with Gasteiger partial charge in [-0.2, -0.15) is 0 Å². The molecule has 0 unspecified atom stereocenters. The van der Waals surface area contributed by atoms with Crippen molar-refractivity contribution < 1.29 is 0 Å². The molecule has 0 fully saturated rings. The molecule has 1 aliphatic carbocycles. The molecule has 0 N–H and O–H groups in total. The fourth-order valence-electron chi connectivity index (χ4n) is 7.41. The van der Waals surface area contributed by atoms with Gasteiger partial charge in [0.05, 0.1) is 0 Å². The minimum atomic E-state index is -0.0812. The Bertz CT molecular complexity index is 2470. The zero-order valence-corrected chi connectivity index (χ0v) is 28.8. The molecule has 0 bridgehead atoms. The highest BCUT2D eigenvalue weighted by molar-refractivity contribution is 7.25. The topological polar surface area (TPSA) is 38.7 Å². The van der Waals surface area contributed by atoms with Gasteiger partial charge in [-0.3, -0.25) is 0 Å². The number of hydrogen-bond donors (Lipinski definition) is 0. The summed E-state index contributed by atoms with van der Waals surface area (Å²) >= 11 is 1.90. The van der Waals surface area contributed by atoms with Gasteiger partial charge in [0.15, 0.2) is 17.5 Å². The molecule has 0 atom stereocenters. The molecule has 49 heavy (non-hydrogen) atoms. The first-order chi connectivity index (χ1) is 23.8. The molecule has 0 amide bonds. The van der Waals surface area contributed by atoms with Crippen molar-refractivity contribution in [3.8, 4) is 56.4 Å². The van der Waals surface area contributed by atoms with Gasteiger partial charge in [0.2, 0.25) is 0 Å². The Morgan fingerprint density at radius 2 is 0.878 bits per heavy atom. The first-order valence-electron chi connectivity index (χ1n) is 16.9. The van der Waals surface area contributed by atoms with Gasteiger partial charge in [-0.15, -0.1) is 11.3 Å². The number of benzene rings is 6. The number of thiophene rings is 1. The normalized spacial score (nSPS) is 14.4. The maximum absolute atomic E-state index is 4.93. The molecule has 2 aromatic heterocycles. The third-order valence-corrected chi connectivity index (χ3v) is 12.0. The number of hydrogen-bond acceptors (Lipinski definition) is 4. The average Bonchev–Trinajstić information content (AvgIpc) is 3.52. The van der Waals surface area contributed by atoms with E-state index in [1.807, 2.05) is 72.0 Å². The van der Waals surface area contributed by atoms with Crippen molar-refractivity contribution in [3.63, 3.8) is 0 Å². The summed E-state index contributed by atoms with van der Waals surface area (Å²) in [5.74, 6) is 2.00. The largest absolute Gasteiger partial charge is 0.208 e. The molecule has 1 aliphatic rings. The van der Waals surface area contributed by atoms with Crippen molar-refractivity contribution >= 4 is 31.5 Å². The quantitative estimate of drug-likeness (QED) is 0.190. The highest BCUT2D eigenvalue weighted by atomic mass is 32.1. The second-order valence-corrected chi connectivity index (χ2v) is 15.2. The molecule has 9 rings (SSSR count). The minimum absolute atomic E-state index is 0.0617. The summed E-state index contributed by atoms with van der Waals surface area (Å²) in [6, 6.07) is 49.7. The predicted octanol–water partition coefficient (Wildman–Crippen LogP) is 12.1. The molecule has 3 nitrogen and oxygen atoms in total. The van der Waals surface area contributed by atoms with Crippen molar-refractivity contribution in [2.45, 2.75) is 38.5 Å². The fraction of sp³-hybridized carbons (Fsp3) is 0.133. The van der Waals surface area contributed by atoms with Crippen LogP contribution in [-0.2, 0) is 10.8 Å². The molecule has 4 heteroatoms. The van der Waals surface area contributed by atoms with Gasteiger partial charge in [0.25, 0.3) is 0 Å². The van der Waals surface area contributed by atoms with E-state index in [0.717, 1.165) is 16.7 Å². The van der Waals surface area contributed by atoms with Crippen LogP contribution in [0.25, 0.3) is 76.6 Å². The lowest BCUT2D eigenvalue weighted by Crippen LogP contribution is -2.43. The van der Waals surface area contributed by atoms with Gasteiger partial charge in [0.1, 0.15) is 0 Å². The van der Waals surface area contributed by atoms with Crippen LogP contribution in [0.15, 0.2) is 140 Å². The number of aromatic nitrogens is 3. The Hall–Kier alpha value is -5.45. The summed E-state index contributed by atoms with van der Waals surface area (Å²) in [6.07, 6.45) is 0. The Kier molecular flexibility index (Phi) is 6.69. The summed E-state index contributed by atoms with van der Waals surface area (Å²) < 4.78 is 2.72. The van der Waals surface area contributed by atoms with Crippen LogP contribution >= 0.6 is 11.3 Å². The lowest BCUT2D eigenvalue weighted by atomic mass is 9.55. The molecule has 236 valence electrons. The number of rotatable bonds is 4. The summed E-state index contributed by atoms with van der Waals surface area (Å²) in [6.45, 7) is 9.65. The Labute approximate surface area is 291 Å². The second kappa shape index (κ2) is 11.0. The Balaban J connectivity index is 1.13. The standard InChI is InChI=1S/C45H35N3S/c1-44(2)37-25-32(23-24-33(37)35-26-36-34-17-11-12-18-39(34)49-40(36)27-38(35)45(44,3)4)28-19-21-31(22-20-28)43-47-41(29-13-7-5-8-14-29)46-42(48-43)30-15-9-6-10-16-30/h5-27H,1-4H3. The number of nitrogens with zero attached hydrogens (tertiary/aromatic N) is 3. The molecule has 8 aromatic rings. The van der Waals surface area contributed by atoms with E-state index in [4.69, 9.17) is 15.0 Å². The van der Waals surface area contributed by atoms with E-state index in [1.165, 1.54) is 53.6 Å². The smallest absolute Gasteiger partial charge is 0.164 e. The zero-order valence-electron chi connectivity index (χ0n) is 28.0. The first kappa shape index (κ1) is 29.7. The predicted molar refractivity (Wildman–Crippen MR) is 206 cm³/mol. The first-order valence-corrected chi connectivity index (χ1v) is 17.7. The minimum Gasteiger partial charge on any atom is -0.208 e. The van der Waals surface area contributed by atoms with Crippen molar-refractivity contribution in [2.24, 2.45) is 0 Å². The maximum Gasteiger partial charge on any atom is 0.164 e. The molecular weight excluding hydrogens is 615 g/mol. The lowest BCUT2D eigenvalue weighted by Gasteiger charge is -2.48. The Morgan fingerprint density at radius 3 is 1.49 bits per heavy atom. The third-order valence-electron chi connectivity index (χ3n) is 10.9. The van der Waals surface area contributed by atoms with Crippen molar-refractivity contribution in [3.05, 3.63) is 151 Å². The van der Waals surface area contributed by atoms with Gasteiger partial charge in [-0.25, -0.2) is 15.0 Å². The summed E-state index contributed by atoms with van der Waals surface area (Å²) in [7, 11) is 0. The van der Waals surface area contributed by atoms with E-state index < -0.39 is 0 Å². The molecule has 2 heterocycles. The van der Waals surface area contributed by atoms with E-state index >= 15 is 0 Å². The van der Waals surface area contributed by atoms with E-state index in [0.29, 0.717) is 17.5 Å². The zero-order chi connectivity index (χ0) is 33.3. The van der Waals surface area contributed by atoms with E-state index in [9.17, 15) is 0 Å². The average molecular weight is 650 g/mol. The summed E-state index contributed by atoms with van der Waals surface area (Å²) in [5, 5.41) is 2.70. The van der Waals surface area contributed by atoms with Crippen LogP contribution in [0.1, 0.15) is 38.8 Å². The molecule has 0 aliphatic heterocycles. The SMILES string of the molecule is CC1(C)c2cc(-c3ccc(-c4nc(-c5ccccc5)nc(-c5ccccc5)n4)cc3)ccc2-c2cc3c(cc2C1(C)C)sc1ccccc13. The molecule has 0 saturated heterocycles. The molecule has 6 aromatic carbocycles. The van der Waals surface area contributed by atoms with Gasteiger partial charge in [0, 0.05) is 36.9 Å². The third kappa shape index (κ3) is 4.74. The van der Waals surface area contributed by atoms with Crippen LogP contribution in [0, 0.1) is 0 Å². The monoisotopic (exact) mass is 649 g/mol. The van der Waals surface area contributed by atoms with Crippen molar-refractivity contribution in [2.75, 3.05) is 0 Å². The van der Waals surface area contributed by atoms with Gasteiger partial charge in [-0.05, 0) is 68.5 Å². The van der Waals surface area contributed by atoms with Crippen LogP contribution in [0.2, 0.25) is 0 Å². The van der Waals surface area contributed by atoms with Crippen LogP contribution < -0.4 is 0 Å². The van der Waals surface area contributed by atoms with E-state index in [1.54, 1.807) is 0 Å². The van der Waals surface area contributed by atoms with Crippen LogP contribution in [-0.4, -0.2) is 15.0 Å². The van der Waals surface area contributed by atoms with Gasteiger partial charge in [-0.1, -0.05) is 143 Å². The highest BCUT2D eigenvalue weighted by Crippen LogP contribution is 2.56. The second-order valence-electron chi connectivity index (χ2n) is 14.1. The summed E-state index contributed by atoms with van der Waals surface area (Å²) in [5.41, 5.74) is 10.7. The lowest BCUT2D eigenvalue weighted by molar-refractivity contribution is 0.299. The Morgan fingerprint density at radius 1 is 0.388 bits per heavy atom. The molecular formula is C45H35N3S. The van der Waals surface area contributed by atoms with E-state index in [2.05, 4.69) is 107 Å². The highest BCUT2D eigenvalue weighted by Gasteiger charge is 2.46. The fourth-order valence-corrected chi connectivity index (χ4v) is 8.54. The van der Waals surface area contributed by atoms with Crippen molar-refractivity contribution in [1.82, 2.24) is 15.0 Å². The van der Waals surface area contributed by atoms with Crippen LogP contribution in [0.4, 0.5) is 0 Å². The summed E-state index contributed by atoms with van der Waals surface area (Å²) in [4.78, 5) is 14.7. The molecule has 0 saturated carbocycles.